The molecule has 0 aliphatic carbocycles. The van der Waals surface area contributed by atoms with Gasteiger partial charge in [0.1, 0.15) is 0 Å². The second-order valence-corrected chi connectivity index (χ2v) is 3.61. The van der Waals surface area contributed by atoms with Crippen LogP contribution in [-0.4, -0.2) is 4.21 Å². The summed E-state index contributed by atoms with van der Waals surface area (Å²) in [6.07, 6.45) is -0.0213. The average molecular weight is 168 g/mol. The summed E-state index contributed by atoms with van der Waals surface area (Å²) in [4.78, 5) is 0.819. The van der Waals surface area contributed by atoms with Crippen LogP contribution < -0.4 is 0 Å². The van der Waals surface area contributed by atoms with Crippen molar-refractivity contribution in [3.63, 3.8) is 0 Å². The third kappa shape index (κ3) is 1.01. The molecule has 0 aromatic heterocycles. The van der Waals surface area contributed by atoms with Gasteiger partial charge in [-0.3, -0.25) is 4.18 Å². The minimum atomic E-state index is -1.23. The highest BCUT2D eigenvalue weighted by atomic mass is 32.2. The van der Waals surface area contributed by atoms with Gasteiger partial charge >= 0.3 is 0 Å². The summed E-state index contributed by atoms with van der Waals surface area (Å²) in [6.45, 7) is 1.91. The molecule has 2 rings (SSSR count). The largest absolute Gasteiger partial charge is 0.279 e. The SMILES string of the molecule is CC1OS(=O)c2ccccc21. The maximum Gasteiger partial charge on any atom is 0.190 e. The molecule has 1 heterocycles. The van der Waals surface area contributed by atoms with Gasteiger partial charge in [0, 0.05) is 5.56 Å². The van der Waals surface area contributed by atoms with Crippen molar-refractivity contribution in [2.24, 2.45) is 0 Å². The first-order valence-electron chi connectivity index (χ1n) is 3.47. The van der Waals surface area contributed by atoms with Gasteiger partial charge in [0.25, 0.3) is 0 Å². The Morgan fingerprint density at radius 3 is 2.91 bits per heavy atom. The minimum Gasteiger partial charge on any atom is -0.279 e. The quantitative estimate of drug-likeness (QED) is 0.590. The molecule has 3 heteroatoms. The van der Waals surface area contributed by atoms with Crippen LogP contribution in [0.3, 0.4) is 0 Å². The molecule has 1 aliphatic heterocycles. The Morgan fingerprint density at radius 2 is 2.18 bits per heavy atom. The second-order valence-electron chi connectivity index (χ2n) is 2.51. The fourth-order valence-electron chi connectivity index (χ4n) is 1.20. The van der Waals surface area contributed by atoms with E-state index in [0.29, 0.717) is 0 Å². The smallest absolute Gasteiger partial charge is 0.190 e. The molecule has 0 saturated heterocycles. The minimum absolute atomic E-state index is 0.0213. The van der Waals surface area contributed by atoms with Crippen LogP contribution in [0.4, 0.5) is 0 Å². The molecule has 0 bridgehead atoms. The van der Waals surface area contributed by atoms with E-state index in [9.17, 15) is 4.21 Å². The Morgan fingerprint density at radius 1 is 1.45 bits per heavy atom. The van der Waals surface area contributed by atoms with Crippen molar-refractivity contribution >= 4 is 11.1 Å². The lowest BCUT2D eigenvalue weighted by Gasteiger charge is -1.97. The zero-order chi connectivity index (χ0) is 7.84. The molecule has 0 saturated carbocycles. The Balaban J connectivity index is 2.60. The lowest BCUT2D eigenvalue weighted by atomic mass is 10.1. The van der Waals surface area contributed by atoms with Gasteiger partial charge in [0.15, 0.2) is 11.1 Å². The highest BCUT2D eigenvalue weighted by molar-refractivity contribution is 7.80. The highest BCUT2D eigenvalue weighted by Gasteiger charge is 2.24. The van der Waals surface area contributed by atoms with E-state index in [1.807, 2.05) is 31.2 Å². The molecule has 2 unspecified atom stereocenters. The molecule has 0 fully saturated rings. The van der Waals surface area contributed by atoms with Crippen molar-refractivity contribution in [3.8, 4) is 0 Å². The van der Waals surface area contributed by atoms with E-state index in [1.165, 1.54) is 0 Å². The fraction of sp³-hybridized carbons (Fsp3) is 0.250. The van der Waals surface area contributed by atoms with Crippen molar-refractivity contribution in [1.82, 2.24) is 0 Å². The normalized spacial score (nSPS) is 28.5. The molecule has 0 radical (unpaired) electrons. The lowest BCUT2D eigenvalue weighted by Crippen LogP contribution is -1.87. The molecule has 0 N–H and O–H groups in total. The van der Waals surface area contributed by atoms with Crippen LogP contribution in [0.1, 0.15) is 18.6 Å². The molecular weight excluding hydrogens is 160 g/mol. The van der Waals surface area contributed by atoms with Crippen LogP contribution in [-0.2, 0) is 15.3 Å². The van der Waals surface area contributed by atoms with Gasteiger partial charge in [-0.2, -0.15) is 0 Å². The van der Waals surface area contributed by atoms with Gasteiger partial charge in [-0.25, -0.2) is 4.21 Å². The monoisotopic (exact) mass is 168 g/mol. The van der Waals surface area contributed by atoms with E-state index in [4.69, 9.17) is 4.18 Å². The van der Waals surface area contributed by atoms with Gasteiger partial charge in [0.05, 0.1) is 11.0 Å². The fourth-order valence-corrected chi connectivity index (χ4v) is 2.29. The summed E-state index contributed by atoms with van der Waals surface area (Å²) < 4.78 is 16.3. The van der Waals surface area contributed by atoms with Crippen molar-refractivity contribution < 1.29 is 8.39 Å². The Bertz CT molecular complexity index is 309. The van der Waals surface area contributed by atoms with Crippen LogP contribution in [0.25, 0.3) is 0 Å². The third-order valence-corrected chi connectivity index (χ3v) is 2.96. The summed E-state index contributed by atoms with van der Waals surface area (Å²) >= 11 is -1.23. The van der Waals surface area contributed by atoms with Gasteiger partial charge in [-0.05, 0) is 13.0 Å². The van der Waals surface area contributed by atoms with Crippen molar-refractivity contribution in [2.45, 2.75) is 17.9 Å². The van der Waals surface area contributed by atoms with Crippen molar-refractivity contribution in [1.29, 1.82) is 0 Å². The van der Waals surface area contributed by atoms with Crippen LogP contribution in [0.2, 0.25) is 0 Å². The maximum absolute atomic E-state index is 11.2. The number of fused-ring (bicyclic) bond motifs is 1. The summed E-state index contributed by atoms with van der Waals surface area (Å²) in [5, 5.41) is 0. The van der Waals surface area contributed by atoms with E-state index >= 15 is 0 Å². The molecule has 2 atom stereocenters. The van der Waals surface area contributed by atoms with Crippen molar-refractivity contribution in [2.75, 3.05) is 0 Å². The molecule has 58 valence electrons. The molecule has 0 spiro atoms. The summed E-state index contributed by atoms with van der Waals surface area (Å²) in [6, 6.07) is 7.60. The predicted octanol–water partition coefficient (Wildman–Crippen LogP) is 1.80. The number of hydrogen-bond acceptors (Lipinski definition) is 2. The van der Waals surface area contributed by atoms with E-state index in [0.717, 1.165) is 10.5 Å². The Hall–Kier alpha value is -0.670. The first-order valence-corrected chi connectivity index (χ1v) is 4.54. The van der Waals surface area contributed by atoms with E-state index in [-0.39, 0.29) is 6.10 Å². The van der Waals surface area contributed by atoms with Crippen molar-refractivity contribution in [3.05, 3.63) is 29.8 Å². The van der Waals surface area contributed by atoms with E-state index < -0.39 is 11.1 Å². The predicted molar refractivity (Wildman–Crippen MR) is 42.4 cm³/mol. The standard InChI is InChI=1S/C8H8O2S/c1-6-7-4-2-3-5-8(7)11(9)10-6/h2-6H,1H3. The summed E-state index contributed by atoms with van der Waals surface area (Å²) in [5.41, 5.74) is 1.05. The molecule has 0 amide bonds. The number of hydrogen-bond donors (Lipinski definition) is 0. The van der Waals surface area contributed by atoms with Crippen LogP contribution in [0, 0.1) is 0 Å². The zero-order valence-electron chi connectivity index (χ0n) is 6.11. The molecule has 1 aliphatic rings. The van der Waals surface area contributed by atoms with E-state index in [2.05, 4.69) is 0 Å². The van der Waals surface area contributed by atoms with Crippen LogP contribution >= 0.6 is 0 Å². The van der Waals surface area contributed by atoms with Gasteiger partial charge in [0.2, 0.25) is 0 Å². The molecule has 1 aromatic carbocycles. The van der Waals surface area contributed by atoms with E-state index in [1.54, 1.807) is 0 Å². The number of rotatable bonds is 0. The molecule has 2 nitrogen and oxygen atoms in total. The lowest BCUT2D eigenvalue weighted by molar-refractivity contribution is 0.270. The topological polar surface area (TPSA) is 26.3 Å². The zero-order valence-corrected chi connectivity index (χ0v) is 6.93. The second kappa shape index (κ2) is 2.43. The first-order chi connectivity index (χ1) is 5.29. The summed E-state index contributed by atoms with van der Waals surface area (Å²) in [5.74, 6) is 0. The van der Waals surface area contributed by atoms with Gasteiger partial charge in [-0.1, -0.05) is 18.2 Å². The van der Waals surface area contributed by atoms with Crippen LogP contribution in [0.15, 0.2) is 29.2 Å². The maximum atomic E-state index is 11.2. The van der Waals surface area contributed by atoms with Gasteiger partial charge in [-0.15, -0.1) is 0 Å². The molecule has 1 aromatic rings. The number of benzene rings is 1. The molecule has 11 heavy (non-hydrogen) atoms. The Kier molecular flexibility index (Phi) is 1.55. The molecular formula is C8H8O2S. The summed E-state index contributed by atoms with van der Waals surface area (Å²) in [7, 11) is 0. The van der Waals surface area contributed by atoms with Gasteiger partial charge < -0.3 is 0 Å². The average Bonchev–Trinajstić information content (AvgIpc) is 2.30. The first kappa shape index (κ1) is 7.00. The Labute approximate surface area is 67.9 Å². The highest BCUT2D eigenvalue weighted by Crippen LogP contribution is 2.32. The third-order valence-electron chi connectivity index (χ3n) is 1.77. The van der Waals surface area contributed by atoms with Crippen LogP contribution in [0.5, 0.6) is 0 Å².